The first kappa shape index (κ1) is 17.6. The van der Waals surface area contributed by atoms with Crippen molar-refractivity contribution in [3.8, 4) is 0 Å². The molecule has 8 heteroatoms. The number of likely N-dealkylation sites (N-methyl/N-ethyl adjacent to an activating group) is 1. The summed E-state index contributed by atoms with van der Waals surface area (Å²) in [5.41, 5.74) is 0.800. The number of rotatable bonds is 5. The van der Waals surface area contributed by atoms with Crippen molar-refractivity contribution in [1.29, 1.82) is 0 Å². The van der Waals surface area contributed by atoms with Crippen LogP contribution in [0.4, 0.5) is 5.82 Å². The average Bonchev–Trinajstić information content (AvgIpc) is 3.23. The molecule has 134 valence electrons. The lowest BCUT2D eigenvalue weighted by Gasteiger charge is -2.22. The third-order valence-corrected chi connectivity index (χ3v) is 5.54. The van der Waals surface area contributed by atoms with E-state index >= 15 is 0 Å². The van der Waals surface area contributed by atoms with Crippen molar-refractivity contribution in [3.05, 3.63) is 16.8 Å². The molecule has 2 aromatic rings. The molecule has 1 aliphatic rings. The zero-order chi connectivity index (χ0) is 18.0. The van der Waals surface area contributed by atoms with Gasteiger partial charge in [-0.2, -0.15) is 0 Å². The largest absolute Gasteiger partial charge is 0.462 e. The molecule has 0 aliphatic carbocycles. The van der Waals surface area contributed by atoms with E-state index in [-0.39, 0.29) is 18.4 Å². The molecule has 1 aliphatic heterocycles. The van der Waals surface area contributed by atoms with E-state index in [1.54, 1.807) is 6.92 Å². The number of carbonyl (C=O) groups excluding carboxylic acids is 2. The van der Waals surface area contributed by atoms with Crippen LogP contribution in [0.2, 0.25) is 0 Å². The quantitative estimate of drug-likeness (QED) is 0.759. The number of esters is 1. The molecule has 0 atom stereocenters. The fourth-order valence-electron chi connectivity index (χ4n) is 3.08. The minimum atomic E-state index is -0.343. The lowest BCUT2D eigenvalue weighted by molar-refractivity contribution is -0.128. The Labute approximate surface area is 150 Å². The zero-order valence-electron chi connectivity index (χ0n) is 14.7. The van der Waals surface area contributed by atoms with Crippen LogP contribution >= 0.6 is 11.3 Å². The van der Waals surface area contributed by atoms with Gasteiger partial charge in [-0.3, -0.25) is 4.79 Å². The summed E-state index contributed by atoms with van der Waals surface area (Å²) in [6.45, 7) is 5.90. The summed E-state index contributed by atoms with van der Waals surface area (Å²) in [7, 11) is 1.84. The van der Waals surface area contributed by atoms with Crippen LogP contribution in [0.25, 0.3) is 10.2 Å². The second-order valence-electron chi connectivity index (χ2n) is 6.10. The molecule has 7 nitrogen and oxygen atoms in total. The lowest BCUT2D eigenvalue weighted by atomic mass is 10.2. The number of fused-ring (bicyclic) bond motifs is 1. The van der Waals surface area contributed by atoms with Crippen LogP contribution in [-0.4, -0.2) is 60.0 Å². The Morgan fingerprint density at radius 2 is 2.04 bits per heavy atom. The molecule has 3 heterocycles. The van der Waals surface area contributed by atoms with Crippen molar-refractivity contribution < 1.29 is 14.3 Å². The first-order valence-electron chi connectivity index (χ1n) is 8.43. The number of amides is 1. The number of anilines is 1. The number of thiophene rings is 1. The Bertz CT molecular complexity index is 799. The van der Waals surface area contributed by atoms with E-state index in [1.807, 2.05) is 23.8 Å². The zero-order valence-corrected chi connectivity index (χ0v) is 15.6. The molecular formula is C17H22N4O3S. The number of hydrogen-bond acceptors (Lipinski definition) is 7. The number of aryl methyl sites for hydroxylation is 1. The van der Waals surface area contributed by atoms with Crippen LogP contribution in [0.5, 0.6) is 0 Å². The summed E-state index contributed by atoms with van der Waals surface area (Å²) >= 11 is 1.30. The van der Waals surface area contributed by atoms with Crippen molar-refractivity contribution in [2.75, 3.05) is 38.2 Å². The SMILES string of the molecule is CCOC(=O)c1sc2ncnc(N(C)CC(=O)N3CCCC3)c2c1C. The van der Waals surface area contributed by atoms with Crippen LogP contribution in [0.15, 0.2) is 6.33 Å². The van der Waals surface area contributed by atoms with E-state index in [4.69, 9.17) is 4.74 Å². The van der Waals surface area contributed by atoms with Gasteiger partial charge in [0.2, 0.25) is 5.91 Å². The molecule has 0 unspecified atom stereocenters. The number of hydrogen-bond donors (Lipinski definition) is 0. The van der Waals surface area contributed by atoms with E-state index in [1.165, 1.54) is 17.7 Å². The van der Waals surface area contributed by atoms with Crippen LogP contribution in [-0.2, 0) is 9.53 Å². The average molecular weight is 362 g/mol. The summed E-state index contributed by atoms with van der Waals surface area (Å²) in [6, 6.07) is 0. The van der Waals surface area contributed by atoms with Gasteiger partial charge in [-0.1, -0.05) is 0 Å². The Hall–Kier alpha value is -2.22. The van der Waals surface area contributed by atoms with Crippen molar-refractivity contribution >= 4 is 39.2 Å². The van der Waals surface area contributed by atoms with Gasteiger partial charge in [-0.25, -0.2) is 14.8 Å². The molecule has 0 bridgehead atoms. The van der Waals surface area contributed by atoms with Gasteiger partial charge < -0.3 is 14.5 Å². The number of nitrogens with zero attached hydrogens (tertiary/aromatic N) is 4. The summed E-state index contributed by atoms with van der Waals surface area (Å²) in [4.78, 5) is 38.2. The molecule has 3 rings (SSSR count). The fourth-order valence-corrected chi connectivity index (χ4v) is 4.12. The van der Waals surface area contributed by atoms with Gasteiger partial charge >= 0.3 is 5.97 Å². The summed E-state index contributed by atoms with van der Waals surface area (Å²) in [5, 5.41) is 0.812. The third kappa shape index (κ3) is 3.44. The molecule has 0 aromatic carbocycles. The second kappa shape index (κ2) is 7.35. The first-order chi connectivity index (χ1) is 12.0. The highest BCUT2D eigenvalue weighted by molar-refractivity contribution is 7.20. The molecule has 0 saturated carbocycles. The normalized spacial score (nSPS) is 14.1. The van der Waals surface area contributed by atoms with E-state index in [0.717, 1.165) is 41.7 Å². The topological polar surface area (TPSA) is 75.6 Å². The molecule has 0 spiro atoms. The molecular weight excluding hydrogens is 340 g/mol. The standard InChI is InChI=1S/C17H22N4O3S/c1-4-24-17(23)14-11(2)13-15(18-10-19-16(13)25-14)20(3)9-12(22)21-7-5-6-8-21/h10H,4-9H2,1-3H3. The van der Waals surface area contributed by atoms with E-state index in [0.29, 0.717) is 17.3 Å². The van der Waals surface area contributed by atoms with E-state index < -0.39 is 0 Å². The highest BCUT2D eigenvalue weighted by Gasteiger charge is 2.24. The van der Waals surface area contributed by atoms with Gasteiger partial charge in [0.25, 0.3) is 0 Å². The Morgan fingerprint density at radius 1 is 1.32 bits per heavy atom. The van der Waals surface area contributed by atoms with Crippen molar-refractivity contribution in [1.82, 2.24) is 14.9 Å². The third-order valence-electron chi connectivity index (χ3n) is 4.36. The predicted molar refractivity (Wildman–Crippen MR) is 97.2 cm³/mol. The molecule has 0 radical (unpaired) electrons. The maximum absolute atomic E-state index is 12.4. The highest BCUT2D eigenvalue weighted by atomic mass is 32.1. The molecule has 1 fully saturated rings. The Balaban J connectivity index is 1.90. The number of carbonyl (C=O) groups is 2. The van der Waals surface area contributed by atoms with Crippen LogP contribution < -0.4 is 4.90 Å². The van der Waals surface area contributed by atoms with Crippen LogP contribution in [0.1, 0.15) is 35.0 Å². The van der Waals surface area contributed by atoms with E-state index in [9.17, 15) is 9.59 Å². The van der Waals surface area contributed by atoms with Crippen LogP contribution in [0.3, 0.4) is 0 Å². The smallest absolute Gasteiger partial charge is 0.348 e. The van der Waals surface area contributed by atoms with E-state index in [2.05, 4.69) is 9.97 Å². The van der Waals surface area contributed by atoms with Gasteiger partial charge in [0.05, 0.1) is 18.5 Å². The van der Waals surface area contributed by atoms with Gasteiger partial charge in [0.1, 0.15) is 21.9 Å². The van der Waals surface area contributed by atoms with Gasteiger partial charge in [-0.05, 0) is 32.3 Å². The van der Waals surface area contributed by atoms with Crippen molar-refractivity contribution in [2.24, 2.45) is 0 Å². The van der Waals surface area contributed by atoms with Crippen molar-refractivity contribution in [2.45, 2.75) is 26.7 Å². The summed E-state index contributed by atoms with van der Waals surface area (Å²) in [6.07, 6.45) is 3.61. The summed E-state index contributed by atoms with van der Waals surface area (Å²) < 4.78 is 5.12. The van der Waals surface area contributed by atoms with Gasteiger partial charge in [0, 0.05) is 20.1 Å². The Kier molecular flexibility index (Phi) is 5.17. The predicted octanol–water partition coefficient (Wildman–Crippen LogP) is 2.24. The number of aromatic nitrogens is 2. The van der Waals surface area contributed by atoms with Gasteiger partial charge in [0.15, 0.2) is 0 Å². The molecule has 1 amide bonds. The van der Waals surface area contributed by atoms with Crippen LogP contribution in [0, 0.1) is 6.92 Å². The molecule has 25 heavy (non-hydrogen) atoms. The minimum absolute atomic E-state index is 0.102. The maximum Gasteiger partial charge on any atom is 0.348 e. The second-order valence-corrected chi connectivity index (χ2v) is 7.10. The monoisotopic (exact) mass is 362 g/mol. The number of ether oxygens (including phenoxy) is 1. The molecule has 1 saturated heterocycles. The maximum atomic E-state index is 12.4. The van der Waals surface area contributed by atoms with Crippen molar-refractivity contribution in [3.63, 3.8) is 0 Å². The molecule has 2 aromatic heterocycles. The minimum Gasteiger partial charge on any atom is -0.462 e. The summed E-state index contributed by atoms with van der Waals surface area (Å²) in [5.74, 6) is 0.428. The van der Waals surface area contributed by atoms with Gasteiger partial charge in [-0.15, -0.1) is 11.3 Å². The number of likely N-dealkylation sites (tertiary alicyclic amines) is 1. The lowest BCUT2D eigenvalue weighted by Crippen LogP contribution is -2.37. The Morgan fingerprint density at radius 3 is 2.72 bits per heavy atom. The highest BCUT2D eigenvalue weighted by Crippen LogP contribution is 2.34. The first-order valence-corrected chi connectivity index (χ1v) is 9.24. The fraction of sp³-hybridized carbons (Fsp3) is 0.529. The molecule has 0 N–H and O–H groups in total.